The third kappa shape index (κ3) is 3.53. The number of rotatable bonds is 6. The molecule has 0 bridgehead atoms. The van der Waals surface area contributed by atoms with Crippen molar-refractivity contribution in [3.05, 3.63) is 72.2 Å². The number of carbonyl (C=O) groups is 1. The number of hydrogen-bond acceptors (Lipinski definition) is 4. The molecule has 0 radical (unpaired) electrons. The number of fused-ring (bicyclic) bond motifs is 2. The molecule has 6 nitrogen and oxygen atoms in total. The van der Waals surface area contributed by atoms with E-state index in [1.165, 1.54) is 0 Å². The van der Waals surface area contributed by atoms with E-state index in [9.17, 15) is 4.79 Å². The van der Waals surface area contributed by atoms with E-state index in [4.69, 9.17) is 4.74 Å². The molecule has 1 amide bonds. The zero-order valence-corrected chi connectivity index (χ0v) is 15.9. The van der Waals surface area contributed by atoms with Crippen LogP contribution in [-0.4, -0.2) is 34.2 Å². The predicted molar refractivity (Wildman–Crippen MR) is 109 cm³/mol. The highest BCUT2D eigenvalue weighted by atomic mass is 16.5. The summed E-state index contributed by atoms with van der Waals surface area (Å²) in [6, 6.07) is 17.8. The molecule has 0 aliphatic carbocycles. The molecule has 0 unspecified atom stereocenters. The summed E-state index contributed by atoms with van der Waals surface area (Å²) in [7, 11) is 1.66. The Morgan fingerprint density at radius 3 is 2.79 bits per heavy atom. The molecule has 28 heavy (non-hydrogen) atoms. The van der Waals surface area contributed by atoms with Crippen LogP contribution in [0.3, 0.4) is 0 Å². The van der Waals surface area contributed by atoms with Gasteiger partial charge in [0.15, 0.2) is 5.65 Å². The van der Waals surface area contributed by atoms with E-state index in [0.717, 1.165) is 33.6 Å². The lowest BCUT2D eigenvalue weighted by molar-refractivity contribution is -0.122. The van der Waals surface area contributed by atoms with Gasteiger partial charge in [-0.05, 0) is 47.5 Å². The first kappa shape index (κ1) is 18.0. The Labute approximate surface area is 163 Å². The second-order valence-electron chi connectivity index (χ2n) is 6.78. The van der Waals surface area contributed by atoms with Crippen LogP contribution in [0.2, 0.25) is 0 Å². The Morgan fingerprint density at radius 2 is 1.93 bits per heavy atom. The van der Waals surface area contributed by atoms with Gasteiger partial charge in [-0.15, -0.1) is 10.2 Å². The van der Waals surface area contributed by atoms with Crippen LogP contribution in [0, 0.1) is 0 Å². The Balaban J connectivity index is 1.41. The molecule has 4 rings (SSSR count). The van der Waals surface area contributed by atoms with Gasteiger partial charge in [-0.1, -0.05) is 30.3 Å². The number of ether oxygens (including phenoxy) is 1. The highest BCUT2D eigenvalue weighted by molar-refractivity contribution is 5.88. The van der Waals surface area contributed by atoms with E-state index in [1.807, 2.05) is 66.1 Å². The monoisotopic (exact) mass is 374 g/mol. The second kappa shape index (κ2) is 7.68. The van der Waals surface area contributed by atoms with E-state index in [1.54, 1.807) is 7.11 Å². The summed E-state index contributed by atoms with van der Waals surface area (Å²) in [5, 5.41) is 13.5. The smallest absolute Gasteiger partial charge is 0.227 e. The molecule has 6 heteroatoms. The SMILES string of the molecule is COc1ccc2cc([C@@H](C)C(=O)NCCc3nnc4ccccn34)ccc2c1. The van der Waals surface area contributed by atoms with Crippen LogP contribution in [-0.2, 0) is 11.2 Å². The third-order valence-electron chi connectivity index (χ3n) is 5.00. The van der Waals surface area contributed by atoms with Gasteiger partial charge in [-0.2, -0.15) is 0 Å². The molecule has 142 valence electrons. The molecule has 0 saturated heterocycles. The average Bonchev–Trinajstić information content (AvgIpc) is 3.15. The minimum atomic E-state index is -0.235. The van der Waals surface area contributed by atoms with Gasteiger partial charge in [0.05, 0.1) is 13.0 Å². The van der Waals surface area contributed by atoms with Gasteiger partial charge < -0.3 is 10.1 Å². The van der Waals surface area contributed by atoms with Crippen molar-refractivity contribution in [3.8, 4) is 5.75 Å². The summed E-state index contributed by atoms with van der Waals surface area (Å²) in [5.74, 6) is 1.43. The number of methoxy groups -OCH3 is 1. The van der Waals surface area contributed by atoms with Gasteiger partial charge in [0.25, 0.3) is 0 Å². The lowest BCUT2D eigenvalue weighted by Gasteiger charge is -2.13. The fourth-order valence-corrected chi connectivity index (χ4v) is 3.30. The quantitative estimate of drug-likeness (QED) is 0.562. The standard InChI is InChI=1S/C22H22N4O2/c1-15(16-6-7-18-14-19(28-2)9-8-17(18)13-16)22(27)23-11-10-21-25-24-20-5-3-4-12-26(20)21/h3-9,12-15H,10-11H2,1-2H3,(H,23,27)/t15-/m1/s1. The van der Waals surface area contributed by atoms with Crippen LogP contribution < -0.4 is 10.1 Å². The molecule has 2 aromatic heterocycles. The largest absolute Gasteiger partial charge is 0.497 e. The van der Waals surface area contributed by atoms with Crippen LogP contribution in [0.25, 0.3) is 16.4 Å². The molecule has 0 fully saturated rings. The van der Waals surface area contributed by atoms with E-state index >= 15 is 0 Å². The first-order chi connectivity index (χ1) is 13.7. The summed E-state index contributed by atoms with van der Waals surface area (Å²) in [5.41, 5.74) is 1.80. The molecule has 0 spiro atoms. The molecule has 4 aromatic rings. The fraction of sp³-hybridized carbons (Fsp3) is 0.227. The molecule has 0 aliphatic rings. The van der Waals surface area contributed by atoms with Crippen molar-refractivity contribution in [2.75, 3.05) is 13.7 Å². The van der Waals surface area contributed by atoms with Gasteiger partial charge in [0, 0.05) is 19.2 Å². The number of hydrogen-bond donors (Lipinski definition) is 1. The van der Waals surface area contributed by atoms with Gasteiger partial charge in [-0.3, -0.25) is 9.20 Å². The van der Waals surface area contributed by atoms with Gasteiger partial charge in [-0.25, -0.2) is 0 Å². The number of pyridine rings is 1. The van der Waals surface area contributed by atoms with Crippen LogP contribution in [0.5, 0.6) is 5.75 Å². The number of aromatic nitrogens is 3. The topological polar surface area (TPSA) is 68.5 Å². The van der Waals surface area contributed by atoms with Crippen molar-refractivity contribution in [2.24, 2.45) is 0 Å². The molecule has 1 atom stereocenters. The second-order valence-corrected chi connectivity index (χ2v) is 6.78. The molecular weight excluding hydrogens is 352 g/mol. The highest BCUT2D eigenvalue weighted by Crippen LogP contribution is 2.25. The van der Waals surface area contributed by atoms with Crippen LogP contribution >= 0.6 is 0 Å². The Bertz CT molecular complexity index is 1140. The number of benzene rings is 2. The minimum absolute atomic E-state index is 0.00156. The van der Waals surface area contributed by atoms with Crippen molar-refractivity contribution in [3.63, 3.8) is 0 Å². The molecule has 0 aliphatic heterocycles. The molecule has 1 N–H and O–H groups in total. The number of carbonyl (C=O) groups excluding carboxylic acids is 1. The molecule has 0 saturated carbocycles. The maximum Gasteiger partial charge on any atom is 0.227 e. The van der Waals surface area contributed by atoms with Crippen molar-refractivity contribution < 1.29 is 9.53 Å². The van der Waals surface area contributed by atoms with Crippen LogP contribution in [0.4, 0.5) is 0 Å². The van der Waals surface area contributed by atoms with Crippen molar-refractivity contribution >= 4 is 22.3 Å². The Hall–Kier alpha value is -3.41. The zero-order chi connectivity index (χ0) is 19.5. The van der Waals surface area contributed by atoms with Gasteiger partial charge in [0.1, 0.15) is 11.6 Å². The average molecular weight is 374 g/mol. The lowest BCUT2D eigenvalue weighted by Crippen LogP contribution is -2.30. The summed E-state index contributed by atoms with van der Waals surface area (Å²) in [4.78, 5) is 12.6. The summed E-state index contributed by atoms with van der Waals surface area (Å²) in [6.07, 6.45) is 2.56. The number of nitrogens with one attached hydrogen (secondary N) is 1. The zero-order valence-electron chi connectivity index (χ0n) is 15.9. The molecule has 2 heterocycles. The highest BCUT2D eigenvalue weighted by Gasteiger charge is 2.16. The van der Waals surface area contributed by atoms with E-state index in [0.29, 0.717) is 13.0 Å². The van der Waals surface area contributed by atoms with Crippen LogP contribution in [0.1, 0.15) is 24.2 Å². The van der Waals surface area contributed by atoms with Gasteiger partial charge >= 0.3 is 0 Å². The summed E-state index contributed by atoms with van der Waals surface area (Å²) >= 11 is 0. The first-order valence-corrected chi connectivity index (χ1v) is 9.30. The predicted octanol–water partition coefficient (Wildman–Crippen LogP) is 3.35. The maximum absolute atomic E-state index is 12.6. The normalized spacial score (nSPS) is 12.2. The number of nitrogens with zero attached hydrogens (tertiary/aromatic N) is 3. The first-order valence-electron chi connectivity index (χ1n) is 9.30. The fourth-order valence-electron chi connectivity index (χ4n) is 3.30. The van der Waals surface area contributed by atoms with E-state index in [-0.39, 0.29) is 11.8 Å². The van der Waals surface area contributed by atoms with E-state index < -0.39 is 0 Å². The van der Waals surface area contributed by atoms with Gasteiger partial charge in [0.2, 0.25) is 5.91 Å². The summed E-state index contributed by atoms with van der Waals surface area (Å²) in [6.45, 7) is 2.44. The maximum atomic E-state index is 12.6. The Morgan fingerprint density at radius 1 is 1.11 bits per heavy atom. The van der Waals surface area contributed by atoms with Crippen molar-refractivity contribution in [2.45, 2.75) is 19.3 Å². The molecule has 2 aromatic carbocycles. The van der Waals surface area contributed by atoms with Crippen molar-refractivity contribution in [1.29, 1.82) is 0 Å². The van der Waals surface area contributed by atoms with Crippen LogP contribution in [0.15, 0.2) is 60.8 Å². The minimum Gasteiger partial charge on any atom is -0.497 e. The summed E-state index contributed by atoms with van der Waals surface area (Å²) < 4.78 is 7.20. The van der Waals surface area contributed by atoms with Crippen molar-refractivity contribution in [1.82, 2.24) is 19.9 Å². The lowest BCUT2D eigenvalue weighted by atomic mass is 9.97. The Kier molecular flexibility index (Phi) is 4.93. The third-order valence-corrected chi connectivity index (χ3v) is 5.00. The molecular formula is C22H22N4O2. The number of amides is 1. The van der Waals surface area contributed by atoms with E-state index in [2.05, 4.69) is 21.6 Å².